The standard InChI is InChI=1S/C35H52N2O3/c1-5-8-9-10-11-16-26-39-34-20-15-14-19-33(34)29(4)36-32-23-21-31(22-24-32)35(38)40-27-25-37(6-2,7-3)28-30-17-12-13-18-30/h14-15,19-24,30H,4-13,16-18,25-28H2,1-3H3/p+1. The molecule has 5 nitrogen and oxygen atoms in total. The maximum absolute atomic E-state index is 12.8. The number of para-hydroxylation sites is 1. The van der Waals surface area contributed by atoms with Gasteiger partial charge in [-0.3, -0.25) is 0 Å². The van der Waals surface area contributed by atoms with Crippen LogP contribution in [-0.4, -0.2) is 49.8 Å². The van der Waals surface area contributed by atoms with Crippen LogP contribution >= 0.6 is 0 Å². The molecule has 0 saturated heterocycles. The number of nitrogens with zero attached hydrogens (tertiary/aromatic N) is 1. The summed E-state index contributed by atoms with van der Waals surface area (Å²) in [6.07, 6.45) is 12.9. The van der Waals surface area contributed by atoms with Gasteiger partial charge in [-0.2, -0.15) is 0 Å². The lowest BCUT2D eigenvalue weighted by atomic mass is 10.1. The van der Waals surface area contributed by atoms with E-state index in [2.05, 4.69) is 32.7 Å². The predicted octanol–water partition coefficient (Wildman–Crippen LogP) is 8.71. The fourth-order valence-electron chi connectivity index (χ4n) is 5.88. The molecular formula is C35H53N2O3+. The van der Waals surface area contributed by atoms with Gasteiger partial charge in [0.2, 0.25) is 0 Å². The van der Waals surface area contributed by atoms with E-state index < -0.39 is 0 Å². The van der Waals surface area contributed by atoms with Crippen LogP contribution in [0.1, 0.15) is 101 Å². The normalized spacial score (nSPS) is 13.8. The summed E-state index contributed by atoms with van der Waals surface area (Å²) in [6, 6.07) is 15.5. The quantitative estimate of drug-likeness (QED) is 0.108. The van der Waals surface area contributed by atoms with E-state index in [1.54, 1.807) is 0 Å². The molecule has 0 unspecified atom stereocenters. The van der Waals surface area contributed by atoms with Gasteiger partial charge in [0.25, 0.3) is 0 Å². The summed E-state index contributed by atoms with van der Waals surface area (Å²) in [7, 11) is 0. The molecule has 0 aliphatic heterocycles. The Labute approximate surface area is 243 Å². The highest BCUT2D eigenvalue weighted by Crippen LogP contribution is 2.29. The van der Waals surface area contributed by atoms with Crippen molar-refractivity contribution in [2.24, 2.45) is 5.92 Å². The predicted molar refractivity (Wildman–Crippen MR) is 168 cm³/mol. The van der Waals surface area contributed by atoms with Crippen molar-refractivity contribution in [3.63, 3.8) is 0 Å². The lowest BCUT2D eigenvalue weighted by Gasteiger charge is -2.38. The third-order valence-electron chi connectivity index (χ3n) is 8.64. The van der Waals surface area contributed by atoms with E-state index >= 15 is 0 Å². The van der Waals surface area contributed by atoms with Crippen LogP contribution in [0.3, 0.4) is 0 Å². The summed E-state index contributed by atoms with van der Waals surface area (Å²) in [4.78, 5) is 12.8. The van der Waals surface area contributed by atoms with E-state index in [0.717, 1.165) is 59.2 Å². The Morgan fingerprint density at radius 3 is 2.27 bits per heavy atom. The molecule has 0 amide bonds. The number of likely N-dealkylation sites (N-methyl/N-ethyl adjacent to an activating group) is 1. The Balaban J connectivity index is 1.47. The second-order valence-corrected chi connectivity index (χ2v) is 11.5. The largest absolute Gasteiger partial charge is 0.493 e. The second kappa shape index (κ2) is 17.1. The van der Waals surface area contributed by atoms with E-state index in [4.69, 9.17) is 9.47 Å². The molecule has 5 heteroatoms. The van der Waals surface area contributed by atoms with Crippen LogP contribution in [0, 0.1) is 5.92 Å². The van der Waals surface area contributed by atoms with Crippen LogP contribution in [0.4, 0.5) is 5.69 Å². The Bertz CT molecular complexity index is 1020. The fraction of sp³-hybridized carbons (Fsp3) is 0.571. The molecule has 0 heterocycles. The maximum atomic E-state index is 12.8. The number of carbonyl (C=O) groups is 1. The minimum Gasteiger partial charge on any atom is -0.493 e. The van der Waals surface area contributed by atoms with Gasteiger partial charge in [0, 0.05) is 22.9 Å². The minimum atomic E-state index is -0.259. The molecule has 0 aromatic heterocycles. The third-order valence-corrected chi connectivity index (χ3v) is 8.64. The Kier molecular flexibility index (Phi) is 13.6. The SMILES string of the molecule is C=C(Nc1ccc(C(=O)OCC[N+](CC)(CC)CC2CCCC2)cc1)c1ccccc1OCCCCCCCC. The maximum Gasteiger partial charge on any atom is 0.338 e. The van der Waals surface area contributed by atoms with Gasteiger partial charge in [0.15, 0.2) is 0 Å². The molecule has 1 fully saturated rings. The van der Waals surface area contributed by atoms with E-state index in [9.17, 15) is 4.79 Å². The summed E-state index contributed by atoms with van der Waals surface area (Å²) in [5.74, 6) is 1.41. The Hall–Kier alpha value is -2.79. The number of esters is 1. The molecule has 40 heavy (non-hydrogen) atoms. The highest BCUT2D eigenvalue weighted by atomic mass is 16.5. The molecule has 0 atom stereocenters. The van der Waals surface area contributed by atoms with Gasteiger partial charge in [0.05, 0.1) is 31.8 Å². The van der Waals surface area contributed by atoms with Crippen LogP contribution in [0.2, 0.25) is 0 Å². The number of hydrogen-bond acceptors (Lipinski definition) is 4. The number of anilines is 1. The van der Waals surface area contributed by atoms with Crippen LogP contribution in [0.25, 0.3) is 5.70 Å². The zero-order chi connectivity index (χ0) is 28.6. The zero-order valence-electron chi connectivity index (χ0n) is 25.4. The summed E-state index contributed by atoms with van der Waals surface area (Å²) < 4.78 is 12.9. The van der Waals surface area contributed by atoms with Crippen molar-refractivity contribution < 1.29 is 18.8 Å². The molecule has 1 N–H and O–H groups in total. The van der Waals surface area contributed by atoms with E-state index in [-0.39, 0.29) is 5.97 Å². The average molecular weight is 550 g/mol. The summed E-state index contributed by atoms with van der Waals surface area (Å²) in [5.41, 5.74) is 3.16. The monoisotopic (exact) mass is 549 g/mol. The van der Waals surface area contributed by atoms with Crippen LogP contribution in [0.15, 0.2) is 55.1 Å². The van der Waals surface area contributed by atoms with Gasteiger partial charge < -0.3 is 19.3 Å². The number of carbonyl (C=O) groups excluding carboxylic acids is 1. The first-order valence-electron chi connectivity index (χ1n) is 15.8. The highest BCUT2D eigenvalue weighted by molar-refractivity contribution is 5.90. The van der Waals surface area contributed by atoms with Gasteiger partial charge in [-0.15, -0.1) is 0 Å². The van der Waals surface area contributed by atoms with E-state index in [0.29, 0.717) is 18.8 Å². The lowest BCUT2D eigenvalue weighted by molar-refractivity contribution is -0.928. The van der Waals surface area contributed by atoms with Crippen LogP contribution in [-0.2, 0) is 4.74 Å². The third kappa shape index (κ3) is 9.99. The van der Waals surface area contributed by atoms with Crippen LogP contribution in [0.5, 0.6) is 5.75 Å². The molecule has 3 rings (SSSR count). The van der Waals surface area contributed by atoms with Crippen molar-refractivity contribution in [2.75, 3.05) is 44.7 Å². The molecule has 2 aromatic carbocycles. The van der Waals surface area contributed by atoms with Gasteiger partial charge in [-0.25, -0.2) is 4.79 Å². The number of quaternary nitrogens is 1. The van der Waals surface area contributed by atoms with Crippen molar-refractivity contribution in [1.82, 2.24) is 0 Å². The number of unbranched alkanes of at least 4 members (excludes halogenated alkanes) is 5. The Morgan fingerprint density at radius 1 is 0.900 bits per heavy atom. The fourth-order valence-corrected chi connectivity index (χ4v) is 5.88. The average Bonchev–Trinajstić information content (AvgIpc) is 3.49. The topological polar surface area (TPSA) is 47.6 Å². The van der Waals surface area contributed by atoms with Crippen molar-refractivity contribution in [3.8, 4) is 5.75 Å². The molecule has 1 aliphatic rings. The molecule has 0 spiro atoms. The van der Waals surface area contributed by atoms with Gasteiger partial charge in [-0.1, -0.05) is 70.6 Å². The molecule has 0 bridgehead atoms. The highest BCUT2D eigenvalue weighted by Gasteiger charge is 2.29. The number of hydrogen-bond donors (Lipinski definition) is 1. The Morgan fingerprint density at radius 2 is 1.57 bits per heavy atom. The molecule has 1 saturated carbocycles. The van der Waals surface area contributed by atoms with Crippen LogP contribution < -0.4 is 10.1 Å². The van der Waals surface area contributed by atoms with Crippen molar-refractivity contribution in [2.45, 2.75) is 85.0 Å². The number of benzene rings is 2. The van der Waals surface area contributed by atoms with Crippen molar-refractivity contribution >= 4 is 17.4 Å². The first-order valence-corrected chi connectivity index (χ1v) is 15.8. The lowest BCUT2D eigenvalue weighted by Crippen LogP contribution is -2.52. The van der Waals surface area contributed by atoms with Gasteiger partial charge >= 0.3 is 5.97 Å². The second-order valence-electron chi connectivity index (χ2n) is 11.5. The van der Waals surface area contributed by atoms with E-state index in [1.165, 1.54) is 64.3 Å². The van der Waals surface area contributed by atoms with E-state index in [1.807, 2.05) is 48.5 Å². The molecule has 1 aliphatic carbocycles. The number of nitrogens with one attached hydrogen (secondary N) is 1. The first-order chi connectivity index (χ1) is 19.5. The number of ether oxygens (including phenoxy) is 2. The van der Waals surface area contributed by atoms with Gasteiger partial charge in [-0.05, 0) is 69.5 Å². The summed E-state index contributed by atoms with van der Waals surface area (Å²) in [5, 5.41) is 3.37. The van der Waals surface area contributed by atoms with Crippen molar-refractivity contribution in [3.05, 3.63) is 66.2 Å². The van der Waals surface area contributed by atoms with Gasteiger partial charge in [0.1, 0.15) is 18.9 Å². The molecule has 220 valence electrons. The smallest absolute Gasteiger partial charge is 0.338 e. The first kappa shape index (κ1) is 31.7. The van der Waals surface area contributed by atoms with Crippen molar-refractivity contribution in [1.29, 1.82) is 0 Å². The number of rotatable bonds is 19. The summed E-state index contributed by atoms with van der Waals surface area (Å²) in [6.45, 7) is 16.5. The summed E-state index contributed by atoms with van der Waals surface area (Å²) >= 11 is 0. The molecule has 0 radical (unpaired) electrons. The minimum absolute atomic E-state index is 0.259. The molecular weight excluding hydrogens is 496 g/mol. The zero-order valence-corrected chi connectivity index (χ0v) is 25.4. The molecule has 2 aromatic rings.